The summed E-state index contributed by atoms with van der Waals surface area (Å²) in [6.07, 6.45) is 2.06. The van der Waals surface area contributed by atoms with Gasteiger partial charge in [-0.3, -0.25) is 0 Å². The first-order valence-corrected chi connectivity index (χ1v) is 5.97. The highest BCUT2D eigenvalue weighted by Crippen LogP contribution is 2.28. The van der Waals surface area contributed by atoms with Gasteiger partial charge in [0.25, 0.3) is 0 Å². The Morgan fingerprint density at radius 2 is 2.31 bits per heavy atom. The summed E-state index contributed by atoms with van der Waals surface area (Å²) in [5, 5.41) is 8.01. The van der Waals surface area contributed by atoms with Gasteiger partial charge in [0, 0.05) is 11.2 Å². The van der Waals surface area contributed by atoms with E-state index < -0.39 is 11.2 Å². The molecule has 0 bridgehead atoms. The molecule has 0 saturated carbocycles. The molecule has 3 nitrogen and oxygen atoms in total. The van der Waals surface area contributed by atoms with E-state index in [0.717, 1.165) is 29.3 Å². The van der Waals surface area contributed by atoms with Crippen LogP contribution in [0.15, 0.2) is 5.03 Å². The second-order valence-corrected chi connectivity index (χ2v) is 5.23. The van der Waals surface area contributed by atoms with Gasteiger partial charge in [0.05, 0.1) is 11.3 Å². The zero-order valence-electron chi connectivity index (χ0n) is 7.96. The van der Waals surface area contributed by atoms with Gasteiger partial charge in [-0.1, -0.05) is 13.8 Å². The number of H-pyrrole nitrogens is 1. The zero-order valence-corrected chi connectivity index (χ0v) is 8.78. The topological polar surface area (TPSA) is 51.7 Å². The first-order valence-electron chi connectivity index (χ1n) is 4.65. The highest BCUT2D eigenvalue weighted by Gasteiger charge is 2.28. The monoisotopic (exact) mass is 198 g/mol. The Bertz CT molecular complexity index is 295. The molecule has 0 spiro atoms. The molecule has 0 saturated heterocycles. The van der Waals surface area contributed by atoms with Crippen LogP contribution in [0.5, 0.6) is 0 Å². The second kappa shape index (κ2) is 3.35. The maximum Gasteiger partial charge on any atom is 0.243 e. The van der Waals surface area contributed by atoms with E-state index >= 15 is 0 Å². The molecule has 0 amide bonds. The van der Waals surface area contributed by atoms with E-state index in [1.54, 1.807) is 0 Å². The maximum absolute atomic E-state index is 11.6. The predicted octanol–water partition coefficient (Wildman–Crippen LogP) is 1.59. The number of aromatic nitrogens is 2. The average molecular weight is 198 g/mol. The van der Waals surface area contributed by atoms with Crippen molar-refractivity contribution in [2.24, 2.45) is 0 Å². The van der Waals surface area contributed by atoms with E-state index in [4.69, 9.17) is 0 Å². The Morgan fingerprint density at radius 1 is 1.54 bits per heavy atom. The fourth-order valence-corrected chi connectivity index (χ4v) is 2.99. The smallest absolute Gasteiger partial charge is 0.243 e. The second-order valence-electron chi connectivity index (χ2n) is 3.72. The number of hydrogen-bond acceptors (Lipinski definition) is 2. The third-order valence-corrected chi connectivity index (χ3v) is 3.84. The van der Waals surface area contributed by atoms with Crippen LogP contribution in [0.3, 0.4) is 0 Å². The standard InChI is InChI=1S/C9H14N2OS/c1-6(2)8-7-4-3-5-13(12)9(7)11-10-8/h6H,3-5H2,1-2H3,(H,10,11). The minimum Gasteiger partial charge on any atom is -0.610 e. The van der Waals surface area contributed by atoms with Gasteiger partial charge >= 0.3 is 0 Å². The minimum absolute atomic E-state index is 0.426. The molecule has 4 heteroatoms. The van der Waals surface area contributed by atoms with Crippen LogP contribution in [0.4, 0.5) is 0 Å². The summed E-state index contributed by atoms with van der Waals surface area (Å²) in [7, 11) is 0. The van der Waals surface area contributed by atoms with Gasteiger partial charge in [-0.15, -0.1) is 0 Å². The third kappa shape index (κ3) is 1.48. The molecule has 0 aliphatic carbocycles. The quantitative estimate of drug-likeness (QED) is 0.697. The molecule has 2 rings (SSSR count). The average Bonchev–Trinajstić information content (AvgIpc) is 2.48. The molecule has 1 N–H and O–H groups in total. The van der Waals surface area contributed by atoms with E-state index in [1.807, 2.05) is 0 Å². The molecule has 1 aromatic heterocycles. The van der Waals surface area contributed by atoms with Crippen molar-refractivity contribution in [2.45, 2.75) is 37.6 Å². The van der Waals surface area contributed by atoms with Crippen molar-refractivity contribution in [1.29, 1.82) is 0 Å². The van der Waals surface area contributed by atoms with E-state index in [-0.39, 0.29) is 0 Å². The summed E-state index contributed by atoms with van der Waals surface area (Å²) < 4.78 is 11.6. The van der Waals surface area contributed by atoms with E-state index in [0.29, 0.717) is 5.92 Å². The van der Waals surface area contributed by atoms with Crippen LogP contribution < -0.4 is 0 Å². The molecule has 1 aliphatic rings. The van der Waals surface area contributed by atoms with Crippen molar-refractivity contribution in [3.63, 3.8) is 0 Å². The van der Waals surface area contributed by atoms with Crippen LogP contribution in [-0.2, 0) is 17.6 Å². The van der Waals surface area contributed by atoms with Crippen LogP contribution >= 0.6 is 0 Å². The van der Waals surface area contributed by atoms with Crippen molar-refractivity contribution in [3.8, 4) is 0 Å². The molecule has 0 aromatic carbocycles. The van der Waals surface area contributed by atoms with Gasteiger partial charge in [0.1, 0.15) is 5.75 Å². The fraction of sp³-hybridized carbons (Fsp3) is 0.667. The molecule has 0 fully saturated rings. The number of nitrogens with one attached hydrogen (secondary N) is 1. The van der Waals surface area contributed by atoms with Crippen molar-refractivity contribution in [2.75, 3.05) is 5.75 Å². The Hall–Kier alpha value is -0.480. The van der Waals surface area contributed by atoms with E-state index in [2.05, 4.69) is 24.0 Å². The van der Waals surface area contributed by atoms with Crippen molar-refractivity contribution < 1.29 is 4.55 Å². The van der Waals surface area contributed by atoms with Crippen molar-refractivity contribution in [3.05, 3.63) is 11.3 Å². The highest BCUT2D eigenvalue weighted by atomic mass is 32.2. The number of nitrogens with zero attached hydrogens (tertiary/aromatic N) is 1. The number of hydrogen-bond donors (Lipinski definition) is 1. The van der Waals surface area contributed by atoms with Crippen LogP contribution in [0, 0.1) is 0 Å². The van der Waals surface area contributed by atoms with Gasteiger partial charge in [-0.05, 0) is 18.8 Å². The van der Waals surface area contributed by atoms with Crippen LogP contribution in [0.25, 0.3) is 0 Å². The SMILES string of the molecule is CC(C)c1n[nH]c2c1CCC[S+]2[O-]. The molecular weight excluding hydrogens is 184 g/mol. The number of aromatic amines is 1. The lowest BCUT2D eigenvalue weighted by atomic mass is 10.0. The minimum atomic E-state index is -0.829. The summed E-state index contributed by atoms with van der Waals surface area (Å²) in [6, 6.07) is 0. The first kappa shape index (κ1) is 9.09. The van der Waals surface area contributed by atoms with Gasteiger partial charge < -0.3 is 4.55 Å². The lowest BCUT2D eigenvalue weighted by Gasteiger charge is -2.15. The summed E-state index contributed by atoms with van der Waals surface area (Å²) >= 11 is -0.829. The summed E-state index contributed by atoms with van der Waals surface area (Å²) in [4.78, 5) is 0. The molecule has 72 valence electrons. The molecule has 13 heavy (non-hydrogen) atoms. The summed E-state index contributed by atoms with van der Waals surface area (Å²) in [5.41, 5.74) is 2.31. The Balaban J connectivity index is 2.41. The van der Waals surface area contributed by atoms with Gasteiger partial charge in [0.15, 0.2) is 0 Å². The maximum atomic E-state index is 11.6. The molecule has 1 aliphatic heterocycles. The number of fused-ring (bicyclic) bond motifs is 1. The molecule has 1 aromatic rings. The van der Waals surface area contributed by atoms with Gasteiger partial charge in [-0.2, -0.15) is 5.10 Å². The van der Waals surface area contributed by atoms with E-state index in [1.165, 1.54) is 5.56 Å². The third-order valence-electron chi connectivity index (χ3n) is 2.39. The van der Waals surface area contributed by atoms with E-state index in [9.17, 15) is 4.55 Å². The van der Waals surface area contributed by atoms with Crippen molar-refractivity contribution in [1.82, 2.24) is 10.2 Å². The molecule has 0 radical (unpaired) electrons. The lowest BCUT2D eigenvalue weighted by Crippen LogP contribution is -2.16. The first-order chi connectivity index (χ1) is 6.20. The molecule has 2 heterocycles. The fourth-order valence-electron chi connectivity index (χ4n) is 1.75. The summed E-state index contributed by atoms with van der Waals surface area (Å²) in [6.45, 7) is 4.24. The molecule has 1 unspecified atom stereocenters. The number of rotatable bonds is 1. The highest BCUT2D eigenvalue weighted by molar-refractivity contribution is 7.91. The van der Waals surface area contributed by atoms with Crippen LogP contribution in [0.2, 0.25) is 0 Å². The Kier molecular flexibility index (Phi) is 2.34. The molecule has 1 atom stereocenters. The van der Waals surface area contributed by atoms with Crippen molar-refractivity contribution >= 4 is 11.2 Å². The van der Waals surface area contributed by atoms with Crippen LogP contribution in [-0.4, -0.2) is 20.5 Å². The molecular formula is C9H14N2OS. The van der Waals surface area contributed by atoms with Crippen LogP contribution in [0.1, 0.15) is 37.4 Å². The van der Waals surface area contributed by atoms with Gasteiger partial charge in [-0.25, -0.2) is 5.10 Å². The van der Waals surface area contributed by atoms with Gasteiger partial charge in [0.2, 0.25) is 5.03 Å². The largest absolute Gasteiger partial charge is 0.610 e. The predicted molar refractivity (Wildman–Crippen MR) is 52.3 cm³/mol. The zero-order chi connectivity index (χ0) is 9.42. The summed E-state index contributed by atoms with van der Waals surface area (Å²) in [5.74, 6) is 1.21. The Morgan fingerprint density at radius 3 is 3.00 bits per heavy atom. The lowest BCUT2D eigenvalue weighted by molar-refractivity contribution is 0.580. The normalized spacial score (nSPS) is 22.0. The Labute approximate surface area is 81.1 Å².